The van der Waals surface area contributed by atoms with Crippen molar-refractivity contribution in [2.45, 2.75) is 38.3 Å². The van der Waals surface area contributed by atoms with Crippen LogP contribution in [0.3, 0.4) is 0 Å². The number of fused-ring (bicyclic) bond motifs is 1. The lowest BCUT2D eigenvalue weighted by Gasteiger charge is -2.13. The fourth-order valence-corrected chi connectivity index (χ4v) is 3.10. The number of H-pyrrole nitrogens is 1. The van der Waals surface area contributed by atoms with Crippen LogP contribution >= 0.6 is 0 Å². The third kappa shape index (κ3) is 3.33. The normalized spacial score (nSPS) is 14.9. The molecule has 3 aromatic heterocycles. The third-order valence-corrected chi connectivity index (χ3v) is 4.45. The molecule has 1 saturated carbocycles. The molecule has 3 aromatic rings. The van der Waals surface area contributed by atoms with Crippen molar-refractivity contribution in [2.24, 2.45) is 7.05 Å². The number of hydrogen-bond donors (Lipinski definition) is 2. The molecule has 1 aliphatic carbocycles. The van der Waals surface area contributed by atoms with Crippen LogP contribution in [0.25, 0.3) is 11.0 Å². The largest absolute Gasteiger partial charge is 0.474 e. The Morgan fingerprint density at radius 2 is 2.24 bits per heavy atom. The van der Waals surface area contributed by atoms with E-state index in [9.17, 15) is 4.79 Å². The maximum Gasteiger partial charge on any atom is 0.263 e. The fraction of sp³-hybridized carbons (Fsp3) is 0.412. The minimum absolute atomic E-state index is 0.208. The molecule has 0 saturated heterocycles. The average Bonchev–Trinajstić information content (AvgIpc) is 3.24. The van der Waals surface area contributed by atoms with Crippen LogP contribution < -0.4 is 15.6 Å². The molecule has 0 aliphatic heterocycles. The Hall–Kier alpha value is -2.90. The zero-order valence-corrected chi connectivity index (χ0v) is 14.0. The molecule has 0 aromatic carbocycles. The number of aromatic nitrogens is 5. The maximum atomic E-state index is 12.1. The van der Waals surface area contributed by atoms with Crippen LogP contribution in [-0.2, 0) is 13.6 Å². The molecule has 2 N–H and O–H groups in total. The number of rotatable bonds is 5. The number of pyridine rings is 1. The van der Waals surface area contributed by atoms with E-state index in [0.29, 0.717) is 29.4 Å². The molecule has 1 fully saturated rings. The molecule has 8 nitrogen and oxygen atoms in total. The number of anilines is 1. The lowest BCUT2D eigenvalue weighted by molar-refractivity contribution is 0.201. The molecule has 130 valence electrons. The van der Waals surface area contributed by atoms with Crippen molar-refractivity contribution in [3.63, 3.8) is 0 Å². The van der Waals surface area contributed by atoms with Crippen molar-refractivity contribution in [3.8, 4) is 5.88 Å². The quantitative estimate of drug-likeness (QED) is 0.737. The Balaban J connectivity index is 1.47. The minimum Gasteiger partial charge on any atom is -0.474 e. The van der Waals surface area contributed by atoms with Crippen molar-refractivity contribution in [2.75, 3.05) is 5.32 Å². The van der Waals surface area contributed by atoms with Crippen LogP contribution in [0.2, 0.25) is 0 Å². The summed E-state index contributed by atoms with van der Waals surface area (Å²) in [6.45, 7) is 0.510. The van der Waals surface area contributed by atoms with E-state index in [1.54, 1.807) is 17.9 Å². The maximum absolute atomic E-state index is 12.1. The third-order valence-electron chi connectivity index (χ3n) is 4.45. The molecule has 0 amide bonds. The molecule has 0 radical (unpaired) electrons. The molecule has 0 atom stereocenters. The zero-order chi connectivity index (χ0) is 17.2. The van der Waals surface area contributed by atoms with Crippen molar-refractivity contribution >= 4 is 17.0 Å². The summed E-state index contributed by atoms with van der Waals surface area (Å²) in [5.41, 5.74) is 1.35. The van der Waals surface area contributed by atoms with Crippen LogP contribution in [0.5, 0.6) is 5.88 Å². The van der Waals surface area contributed by atoms with Gasteiger partial charge in [-0.3, -0.25) is 14.5 Å². The van der Waals surface area contributed by atoms with Gasteiger partial charge in [0.25, 0.3) is 5.56 Å². The van der Waals surface area contributed by atoms with Gasteiger partial charge in [-0.2, -0.15) is 10.1 Å². The minimum atomic E-state index is -0.208. The summed E-state index contributed by atoms with van der Waals surface area (Å²) in [6, 6.07) is 3.83. The van der Waals surface area contributed by atoms with Crippen LogP contribution in [0, 0.1) is 0 Å². The second-order valence-electron chi connectivity index (χ2n) is 6.30. The number of hydrogen-bond acceptors (Lipinski definition) is 6. The summed E-state index contributed by atoms with van der Waals surface area (Å²) in [6.07, 6.45) is 8.17. The predicted molar refractivity (Wildman–Crippen MR) is 93.6 cm³/mol. The molecular weight excluding hydrogens is 320 g/mol. The lowest BCUT2D eigenvalue weighted by atomic mass is 10.2. The van der Waals surface area contributed by atoms with E-state index in [0.717, 1.165) is 18.4 Å². The molecule has 8 heteroatoms. The smallest absolute Gasteiger partial charge is 0.263 e. The predicted octanol–water partition coefficient (Wildman–Crippen LogP) is 1.99. The summed E-state index contributed by atoms with van der Waals surface area (Å²) in [5.74, 6) is 1.06. The van der Waals surface area contributed by atoms with Gasteiger partial charge in [0.05, 0.1) is 6.20 Å². The monoisotopic (exact) mass is 340 g/mol. The van der Waals surface area contributed by atoms with E-state index in [2.05, 4.69) is 25.4 Å². The molecule has 25 heavy (non-hydrogen) atoms. The number of ether oxygens (including phenoxy) is 1. The first-order chi connectivity index (χ1) is 12.2. The van der Waals surface area contributed by atoms with E-state index in [1.165, 1.54) is 19.0 Å². The van der Waals surface area contributed by atoms with E-state index >= 15 is 0 Å². The van der Waals surface area contributed by atoms with Gasteiger partial charge in [0.2, 0.25) is 11.8 Å². The van der Waals surface area contributed by atoms with Crippen LogP contribution in [0.4, 0.5) is 5.95 Å². The molecule has 3 heterocycles. The Morgan fingerprint density at radius 3 is 3.08 bits per heavy atom. The first-order valence-corrected chi connectivity index (χ1v) is 8.46. The van der Waals surface area contributed by atoms with Gasteiger partial charge in [0.1, 0.15) is 11.5 Å². The molecule has 0 spiro atoms. The van der Waals surface area contributed by atoms with E-state index in [-0.39, 0.29) is 11.7 Å². The first-order valence-electron chi connectivity index (χ1n) is 8.46. The number of aryl methyl sites for hydroxylation is 1. The second-order valence-corrected chi connectivity index (χ2v) is 6.30. The molecular formula is C17H20N6O2. The van der Waals surface area contributed by atoms with Gasteiger partial charge in [-0.05, 0) is 37.3 Å². The Kier molecular flexibility index (Phi) is 4.09. The lowest BCUT2D eigenvalue weighted by Crippen LogP contribution is -2.14. The van der Waals surface area contributed by atoms with Crippen molar-refractivity contribution in [1.82, 2.24) is 24.7 Å². The SMILES string of the molecule is Cn1ncc2c(=O)[nH]c(NCc3ccnc(OC4CCCC4)c3)nc21. The standard InChI is InChI=1S/C17H20N6O2/c1-23-15-13(10-20-23)16(24)22-17(21-15)19-9-11-6-7-18-14(8-11)25-12-4-2-3-5-12/h6-8,10,12H,2-5,9H2,1H3,(H2,19,21,22,24). The summed E-state index contributed by atoms with van der Waals surface area (Å²) in [4.78, 5) is 23.5. The Labute approximate surface area is 144 Å². The van der Waals surface area contributed by atoms with Gasteiger partial charge < -0.3 is 10.1 Å². The van der Waals surface area contributed by atoms with Gasteiger partial charge in [0, 0.05) is 25.9 Å². The summed E-state index contributed by atoms with van der Waals surface area (Å²) in [5, 5.41) is 7.67. The summed E-state index contributed by atoms with van der Waals surface area (Å²) >= 11 is 0. The topological polar surface area (TPSA) is 97.7 Å². The highest BCUT2D eigenvalue weighted by Crippen LogP contribution is 2.23. The fourth-order valence-electron chi connectivity index (χ4n) is 3.10. The van der Waals surface area contributed by atoms with Gasteiger partial charge in [-0.25, -0.2) is 4.98 Å². The Morgan fingerprint density at radius 1 is 1.40 bits per heavy atom. The molecule has 0 bridgehead atoms. The number of nitrogens with zero attached hydrogens (tertiary/aromatic N) is 4. The van der Waals surface area contributed by atoms with Gasteiger partial charge in [0.15, 0.2) is 5.65 Å². The second kappa shape index (κ2) is 6.54. The molecule has 1 aliphatic rings. The molecule has 4 rings (SSSR count). The van der Waals surface area contributed by atoms with E-state index in [4.69, 9.17) is 4.74 Å². The van der Waals surface area contributed by atoms with Gasteiger partial charge >= 0.3 is 0 Å². The summed E-state index contributed by atoms with van der Waals surface area (Å²) in [7, 11) is 1.76. The van der Waals surface area contributed by atoms with E-state index < -0.39 is 0 Å². The van der Waals surface area contributed by atoms with Crippen LogP contribution in [0.15, 0.2) is 29.3 Å². The van der Waals surface area contributed by atoms with Crippen LogP contribution in [0.1, 0.15) is 31.2 Å². The number of nitrogens with one attached hydrogen (secondary N) is 2. The van der Waals surface area contributed by atoms with Crippen molar-refractivity contribution in [1.29, 1.82) is 0 Å². The van der Waals surface area contributed by atoms with E-state index in [1.807, 2.05) is 12.1 Å². The Bertz CT molecular complexity index is 942. The highest BCUT2D eigenvalue weighted by atomic mass is 16.5. The molecule has 0 unspecified atom stereocenters. The highest BCUT2D eigenvalue weighted by Gasteiger charge is 2.17. The first kappa shape index (κ1) is 15.6. The average molecular weight is 340 g/mol. The zero-order valence-electron chi connectivity index (χ0n) is 14.0. The van der Waals surface area contributed by atoms with Gasteiger partial charge in [-0.1, -0.05) is 0 Å². The van der Waals surface area contributed by atoms with Gasteiger partial charge in [-0.15, -0.1) is 0 Å². The van der Waals surface area contributed by atoms with Crippen LogP contribution in [-0.4, -0.2) is 30.8 Å². The summed E-state index contributed by atoms with van der Waals surface area (Å²) < 4.78 is 7.51. The van der Waals surface area contributed by atoms with Crippen molar-refractivity contribution < 1.29 is 4.74 Å². The van der Waals surface area contributed by atoms with Crippen molar-refractivity contribution in [3.05, 3.63) is 40.4 Å². The number of aromatic amines is 1. The highest BCUT2D eigenvalue weighted by molar-refractivity contribution is 5.74.